The number of nitrogens with one attached hydrogen (secondary N) is 1. The van der Waals surface area contributed by atoms with E-state index in [-0.39, 0.29) is 0 Å². The third kappa shape index (κ3) is 3.99. The molecule has 1 N–H and O–H groups in total. The van der Waals surface area contributed by atoms with Gasteiger partial charge in [0, 0.05) is 15.6 Å². The van der Waals surface area contributed by atoms with Crippen LogP contribution in [0.3, 0.4) is 0 Å². The Morgan fingerprint density at radius 2 is 1.78 bits per heavy atom. The summed E-state index contributed by atoms with van der Waals surface area (Å²) in [6.07, 6.45) is -0.723. The highest BCUT2D eigenvalue weighted by atomic mass is 35.5. The van der Waals surface area contributed by atoms with E-state index in [1.807, 2.05) is 13.8 Å². The fourth-order valence-corrected chi connectivity index (χ4v) is 3.63. The first kappa shape index (κ1) is 18.9. The molecule has 0 aliphatic carbocycles. The Morgan fingerprint density at radius 1 is 1.22 bits per heavy atom. The van der Waals surface area contributed by atoms with Gasteiger partial charge in [-0.2, -0.15) is 13.1 Å². The minimum atomic E-state index is -3.98. The number of rotatable bonds is 6. The van der Waals surface area contributed by atoms with Crippen LogP contribution in [0.2, 0.25) is 10.0 Å². The molecule has 2 rings (SSSR count). The Balaban J connectivity index is 2.44. The van der Waals surface area contributed by atoms with E-state index in [9.17, 15) is 8.42 Å². The second-order valence-electron chi connectivity index (χ2n) is 5.07. The van der Waals surface area contributed by atoms with E-state index in [2.05, 4.69) is 8.91 Å². The predicted molar refractivity (Wildman–Crippen MR) is 87.5 cm³/mol. The van der Waals surface area contributed by atoms with Crippen LogP contribution in [-0.2, 0) is 24.0 Å². The molecule has 0 radical (unpaired) electrons. The van der Waals surface area contributed by atoms with Crippen molar-refractivity contribution in [2.75, 3.05) is 7.11 Å². The van der Waals surface area contributed by atoms with Crippen LogP contribution in [0, 0.1) is 0 Å². The number of hydrogen-bond acceptors (Lipinski definition) is 5. The van der Waals surface area contributed by atoms with Crippen molar-refractivity contribution in [3.05, 3.63) is 33.8 Å². The van der Waals surface area contributed by atoms with E-state index in [1.54, 1.807) is 18.2 Å². The topological polar surface area (TPSA) is 73.9 Å². The van der Waals surface area contributed by atoms with E-state index < -0.39 is 28.4 Å². The molecule has 130 valence electrons. The zero-order valence-electron chi connectivity index (χ0n) is 13.0. The maximum absolute atomic E-state index is 11.8. The van der Waals surface area contributed by atoms with Crippen molar-refractivity contribution in [2.45, 2.75) is 44.8 Å². The highest BCUT2D eigenvalue weighted by molar-refractivity contribution is 7.84. The van der Waals surface area contributed by atoms with Crippen molar-refractivity contribution in [1.29, 1.82) is 0 Å². The Hall–Kier alpha value is -0.410. The molecule has 1 aliphatic rings. The van der Waals surface area contributed by atoms with Gasteiger partial charge in [-0.15, -0.1) is 0 Å². The zero-order valence-corrected chi connectivity index (χ0v) is 15.3. The summed E-state index contributed by atoms with van der Waals surface area (Å²) in [5.74, 6) is -0.923. The lowest BCUT2D eigenvalue weighted by atomic mass is 10.1. The summed E-state index contributed by atoms with van der Waals surface area (Å²) in [7, 11) is -2.92. The molecule has 1 saturated heterocycles. The number of hydrogen-bond donors (Lipinski definition) is 1. The second-order valence-corrected chi connectivity index (χ2v) is 7.36. The zero-order chi connectivity index (χ0) is 17.3. The molecule has 1 aromatic rings. The summed E-state index contributed by atoms with van der Waals surface area (Å²) in [5.41, 5.74) is 0.475. The standard InChI is InChI=1S/C14H19Cl2NO5S/c1-4-14(5-2)21-12(11-9(15)7-6-8-10(11)16)13(22-14)17-23(18,19)20-3/h6-8,12-13,17H,4-5H2,1-3H3/t12-,13-/m1/s1. The SMILES string of the molecule is CCC1(CC)O[C@@H](NS(=O)(=O)OC)[C@@H](c2c(Cl)cccc2Cl)O1. The smallest absolute Gasteiger partial charge is 0.337 e. The molecule has 1 heterocycles. The van der Waals surface area contributed by atoms with Crippen molar-refractivity contribution in [1.82, 2.24) is 4.72 Å². The Morgan fingerprint density at radius 3 is 2.26 bits per heavy atom. The van der Waals surface area contributed by atoms with Gasteiger partial charge >= 0.3 is 10.3 Å². The van der Waals surface area contributed by atoms with Crippen molar-refractivity contribution >= 4 is 33.5 Å². The Labute approximate surface area is 146 Å². The maximum atomic E-state index is 11.8. The summed E-state index contributed by atoms with van der Waals surface area (Å²) in [6, 6.07) is 5.02. The molecule has 0 aromatic heterocycles. The largest absolute Gasteiger partial charge is 0.338 e. The van der Waals surface area contributed by atoms with Gasteiger partial charge in [0.1, 0.15) is 6.10 Å². The second kappa shape index (κ2) is 7.23. The van der Waals surface area contributed by atoms with Gasteiger partial charge in [-0.3, -0.25) is 4.18 Å². The highest BCUT2D eigenvalue weighted by Crippen LogP contribution is 2.45. The van der Waals surface area contributed by atoms with Gasteiger partial charge in [-0.05, 0) is 25.0 Å². The Bertz CT molecular complexity index is 643. The minimum Gasteiger partial charge on any atom is -0.338 e. The first-order valence-electron chi connectivity index (χ1n) is 7.15. The normalized spacial score (nSPS) is 24.0. The highest BCUT2D eigenvalue weighted by Gasteiger charge is 2.48. The van der Waals surface area contributed by atoms with Crippen molar-refractivity contribution in [2.24, 2.45) is 0 Å². The lowest BCUT2D eigenvalue weighted by molar-refractivity contribution is -0.180. The number of benzene rings is 1. The summed E-state index contributed by atoms with van der Waals surface area (Å²) < 4.78 is 42.1. The number of halogens is 2. The average Bonchev–Trinajstić information content (AvgIpc) is 2.86. The van der Waals surface area contributed by atoms with E-state index in [0.717, 1.165) is 7.11 Å². The number of ether oxygens (including phenoxy) is 2. The molecule has 1 aromatic carbocycles. The van der Waals surface area contributed by atoms with E-state index in [1.165, 1.54) is 0 Å². The van der Waals surface area contributed by atoms with Crippen LogP contribution in [-0.4, -0.2) is 27.5 Å². The van der Waals surface area contributed by atoms with Gasteiger partial charge in [0.25, 0.3) is 0 Å². The van der Waals surface area contributed by atoms with Crippen molar-refractivity contribution in [3.63, 3.8) is 0 Å². The third-order valence-corrected chi connectivity index (χ3v) is 5.42. The molecule has 1 aliphatic heterocycles. The molecule has 0 amide bonds. The summed E-state index contributed by atoms with van der Waals surface area (Å²) in [4.78, 5) is 0. The van der Waals surface area contributed by atoms with Crippen LogP contribution in [0.5, 0.6) is 0 Å². The summed E-state index contributed by atoms with van der Waals surface area (Å²) in [6.45, 7) is 3.78. The van der Waals surface area contributed by atoms with Gasteiger partial charge in [-0.1, -0.05) is 43.1 Å². The van der Waals surface area contributed by atoms with Gasteiger partial charge in [0.15, 0.2) is 12.0 Å². The third-order valence-electron chi connectivity index (χ3n) is 3.80. The lowest BCUT2D eigenvalue weighted by Crippen LogP contribution is -2.40. The van der Waals surface area contributed by atoms with E-state index in [4.69, 9.17) is 32.7 Å². The minimum absolute atomic E-state index is 0.371. The van der Waals surface area contributed by atoms with Gasteiger partial charge < -0.3 is 9.47 Å². The molecule has 1 fully saturated rings. The first-order chi connectivity index (χ1) is 10.8. The van der Waals surface area contributed by atoms with Crippen molar-refractivity contribution < 1.29 is 22.1 Å². The van der Waals surface area contributed by atoms with Crippen LogP contribution >= 0.6 is 23.2 Å². The molecule has 2 atom stereocenters. The van der Waals surface area contributed by atoms with Crippen LogP contribution in [0.1, 0.15) is 38.4 Å². The lowest BCUT2D eigenvalue weighted by Gasteiger charge is -2.25. The van der Waals surface area contributed by atoms with Crippen LogP contribution < -0.4 is 4.72 Å². The van der Waals surface area contributed by atoms with Crippen LogP contribution in [0.4, 0.5) is 0 Å². The maximum Gasteiger partial charge on any atom is 0.337 e. The molecule has 9 heteroatoms. The molecule has 0 unspecified atom stereocenters. The Kier molecular flexibility index (Phi) is 5.94. The molecule has 23 heavy (non-hydrogen) atoms. The molecular formula is C14H19Cl2NO5S. The van der Waals surface area contributed by atoms with Crippen LogP contribution in [0.25, 0.3) is 0 Å². The van der Waals surface area contributed by atoms with E-state index >= 15 is 0 Å². The van der Waals surface area contributed by atoms with Crippen LogP contribution in [0.15, 0.2) is 18.2 Å². The quantitative estimate of drug-likeness (QED) is 0.814. The fraction of sp³-hybridized carbons (Fsp3) is 0.571. The van der Waals surface area contributed by atoms with Gasteiger partial charge in [0.05, 0.1) is 7.11 Å². The summed E-state index contributed by atoms with van der Waals surface area (Å²) >= 11 is 12.5. The molecule has 0 bridgehead atoms. The fourth-order valence-electron chi connectivity index (χ4n) is 2.47. The molecule has 0 saturated carbocycles. The van der Waals surface area contributed by atoms with Crippen molar-refractivity contribution in [3.8, 4) is 0 Å². The van der Waals surface area contributed by atoms with E-state index in [0.29, 0.717) is 28.5 Å². The predicted octanol–water partition coefficient (Wildman–Crippen LogP) is 3.40. The molecule has 0 spiro atoms. The average molecular weight is 384 g/mol. The molecular weight excluding hydrogens is 365 g/mol. The monoisotopic (exact) mass is 383 g/mol. The van der Waals surface area contributed by atoms with Gasteiger partial charge in [0.2, 0.25) is 0 Å². The first-order valence-corrected chi connectivity index (χ1v) is 9.31. The van der Waals surface area contributed by atoms with Gasteiger partial charge in [-0.25, -0.2) is 0 Å². The summed E-state index contributed by atoms with van der Waals surface area (Å²) in [5, 5.41) is 0.742. The molecule has 6 nitrogen and oxygen atoms in total.